The Balaban J connectivity index is 2.65. The first-order valence-corrected chi connectivity index (χ1v) is 3.97. The predicted molar refractivity (Wildman–Crippen MR) is 49.2 cm³/mol. The van der Waals surface area contributed by atoms with Gasteiger partial charge in [0.25, 0.3) is 0 Å². The summed E-state index contributed by atoms with van der Waals surface area (Å²) in [6, 6.07) is 1.93. The van der Waals surface area contributed by atoms with Crippen LogP contribution in [0.5, 0.6) is 0 Å². The molecule has 0 radical (unpaired) electrons. The van der Waals surface area contributed by atoms with Crippen LogP contribution in [0.1, 0.15) is 0 Å². The molecule has 3 aromatic rings. The molecule has 3 heterocycles. The zero-order valence-corrected chi connectivity index (χ0v) is 6.73. The summed E-state index contributed by atoms with van der Waals surface area (Å²) in [5.74, 6) is 0. The Morgan fingerprint density at radius 2 is 2.15 bits per heavy atom. The molecule has 4 heteroatoms. The third-order valence-corrected chi connectivity index (χ3v) is 2.08. The monoisotopic (exact) mass is 170 g/mol. The molecule has 0 saturated carbocycles. The summed E-state index contributed by atoms with van der Waals surface area (Å²) in [5, 5.41) is 9.00. The van der Waals surface area contributed by atoms with E-state index in [1.54, 1.807) is 24.8 Å². The van der Waals surface area contributed by atoms with Gasteiger partial charge in [0, 0.05) is 23.2 Å². The minimum atomic E-state index is 0.888. The average Bonchev–Trinajstić information content (AvgIpc) is 2.65. The third kappa shape index (κ3) is 0.823. The zero-order chi connectivity index (χ0) is 8.67. The Morgan fingerprint density at radius 1 is 1.15 bits per heavy atom. The van der Waals surface area contributed by atoms with E-state index in [4.69, 9.17) is 0 Å². The summed E-state index contributed by atoms with van der Waals surface area (Å²) in [6.45, 7) is 0. The highest BCUT2D eigenvalue weighted by Crippen LogP contribution is 2.19. The highest BCUT2D eigenvalue weighted by molar-refractivity contribution is 6.02. The Morgan fingerprint density at radius 3 is 3.15 bits per heavy atom. The van der Waals surface area contributed by atoms with E-state index in [1.165, 1.54) is 0 Å². The van der Waals surface area contributed by atoms with Gasteiger partial charge in [-0.25, -0.2) is 0 Å². The van der Waals surface area contributed by atoms with Crippen LogP contribution >= 0.6 is 0 Å². The van der Waals surface area contributed by atoms with E-state index in [-0.39, 0.29) is 0 Å². The van der Waals surface area contributed by atoms with Gasteiger partial charge >= 0.3 is 0 Å². The minimum absolute atomic E-state index is 0.888. The largest absolute Gasteiger partial charge is 0.277 e. The molecule has 0 atom stereocenters. The molecule has 0 amide bonds. The van der Waals surface area contributed by atoms with Crippen molar-refractivity contribution in [3.05, 3.63) is 30.9 Å². The van der Waals surface area contributed by atoms with Gasteiger partial charge in [0.15, 0.2) is 0 Å². The van der Waals surface area contributed by atoms with Crippen LogP contribution in [0.15, 0.2) is 30.9 Å². The summed E-state index contributed by atoms with van der Waals surface area (Å²) >= 11 is 0. The molecule has 0 unspecified atom stereocenters. The van der Waals surface area contributed by atoms with Crippen LogP contribution in [0.3, 0.4) is 0 Å². The lowest BCUT2D eigenvalue weighted by molar-refractivity contribution is 1.12. The molecule has 0 fully saturated rings. The van der Waals surface area contributed by atoms with E-state index in [9.17, 15) is 0 Å². The summed E-state index contributed by atoms with van der Waals surface area (Å²) in [5.41, 5.74) is 1.91. The molecule has 3 rings (SSSR count). The quantitative estimate of drug-likeness (QED) is 0.556. The highest BCUT2D eigenvalue weighted by Gasteiger charge is 2.01. The van der Waals surface area contributed by atoms with Crippen molar-refractivity contribution in [3.8, 4) is 0 Å². The van der Waals surface area contributed by atoms with E-state index in [2.05, 4.69) is 20.2 Å². The van der Waals surface area contributed by atoms with Crippen LogP contribution in [0.25, 0.3) is 21.8 Å². The van der Waals surface area contributed by atoms with Crippen LogP contribution < -0.4 is 0 Å². The van der Waals surface area contributed by atoms with Gasteiger partial charge in [-0.15, -0.1) is 0 Å². The first kappa shape index (κ1) is 6.54. The number of H-pyrrole nitrogens is 1. The van der Waals surface area contributed by atoms with Gasteiger partial charge < -0.3 is 0 Å². The number of pyridine rings is 2. The van der Waals surface area contributed by atoms with E-state index in [0.717, 1.165) is 21.8 Å². The molecular formula is C9H6N4. The maximum atomic E-state index is 4.26. The van der Waals surface area contributed by atoms with Crippen LogP contribution in [0, 0.1) is 0 Å². The van der Waals surface area contributed by atoms with E-state index >= 15 is 0 Å². The summed E-state index contributed by atoms with van der Waals surface area (Å²) in [6.07, 6.45) is 7.06. The number of nitrogens with zero attached hydrogens (tertiary/aromatic N) is 3. The minimum Gasteiger partial charge on any atom is -0.277 e. The second-order valence-electron chi connectivity index (χ2n) is 2.85. The molecule has 1 N–H and O–H groups in total. The summed E-state index contributed by atoms with van der Waals surface area (Å²) in [7, 11) is 0. The van der Waals surface area contributed by atoms with Gasteiger partial charge in [-0.05, 0) is 6.07 Å². The van der Waals surface area contributed by atoms with Gasteiger partial charge in [0.1, 0.15) is 0 Å². The van der Waals surface area contributed by atoms with Crippen molar-refractivity contribution < 1.29 is 0 Å². The Kier molecular flexibility index (Phi) is 1.14. The maximum absolute atomic E-state index is 4.26. The van der Waals surface area contributed by atoms with Crippen LogP contribution in [0.2, 0.25) is 0 Å². The molecule has 3 aromatic heterocycles. The number of nitrogens with one attached hydrogen (secondary N) is 1. The number of aromatic nitrogens is 4. The fraction of sp³-hybridized carbons (Fsp3) is 0. The summed E-state index contributed by atoms with van der Waals surface area (Å²) < 4.78 is 0. The lowest BCUT2D eigenvalue weighted by Crippen LogP contribution is -1.81. The second-order valence-corrected chi connectivity index (χ2v) is 2.85. The van der Waals surface area contributed by atoms with Gasteiger partial charge in [-0.3, -0.25) is 15.1 Å². The smallest absolute Gasteiger partial charge is 0.0907 e. The van der Waals surface area contributed by atoms with E-state index < -0.39 is 0 Å². The molecule has 13 heavy (non-hydrogen) atoms. The number of hydrogen-bond donors (Lipinski definition) is 1. The van der Waals surface area contributed by atoms with Crippen molar-refractivity contribution >= 4 is 21.8 Å². The van der Waals surface area contributed by atoms with Crippen LogP contribution in [-0.2, 0) is 0 Å². The normalized spacial score (nSPS) is 11.1. The van der Waals surface area contributed by atoms with Gasteiger partial charge in [-0.1, -0.05) is 0 Å². The molecular weight excluding hydrogens is 164 g/mol. The molecule has 62 valence electrons. The molecule has 0 aliphatic heterocycles. The fourth-order valence-electron chi connectivity index (χ4n) is 1.45. The van der Waals surface area contributed by atoms with Gasteiger partial charge in [-0.2, -0.15) is 5.10 Å². The standard InChI is InChI=1S/C9H6N4/c1-2-10-5-8-7(1)9-6(3-11-8)4-12-13-9/h1-5H,(H,12,13). The van der Waals surface area contributed by atoms with Gasteiger partial charge in [0.2, 0.25) is 0 Å². The highest BCUT2D eigenvalue weighted by atomic mass is 15.1. The molecule has 0 bridgehead atoms. The van der Waals surface area contributed by atoms with Crippen molar-refractivity contribution in [2.24, 2.45) is 0 Å². The second kappa shape index (κ2) is 2.26. The first-order valence-electron chi connectivity index (χ1n) is 3.97. The summed E-state index contributed by atoms with van der Waals surface area (Å²) in [4.78, 5) is 8.27. The van der Waals surface area contributed by atoms with Crippen molar-refractivity contribution in [1.29, 1.82) is 0 Å². The number of rotatable bonds is 0. The van der Waals surface area contributed by atoms with Crippen molar-refractivity contribution in [2.75, 3.05) is 0 Å². The Bertz CT molecular complexity index is 570. The topological polar surface area (TPSA) is 54.5 Å². The average molecular weight is 170 g/mol. The molecule has 0 saturated heterocycles. The van der Waals surface area contributed by atoms with Crippen molar-refractivity contribution in [2.45, 2.75) is 0 Å². The third-order valence-electron chi connectivity index (χ3n) is 2.08. The van der Waals surface area contributed by atoms with Gasteiger partial charge in [0.05, 0.1) is 23.4 Å². The van der Waals surface area contributed by atoms with Crippen LogP contribution in [0.4, 0.5) is 0 Å². The van der Waals surface area contributed by atoms with E-state index in [0.29, 0.717) is 0 Å². The number of aromatic amines is 1. The fourth-order valence-corrected chi connectivity index (χ4v) is 1.45. The molecule has 0 spiro atoms. The number of fused-ring (bicyclic) bond motifs is 3. The molecule has 0 aromatic carbocycles. The number of hydrogen-bond acceptors (Lipinski definition) is 3. The molecule has 4 nitrogen and oxygen atoms in total. The maximum Gasteiger partial charge on any atom is 0.0907 e. The Hall–Kier alpha value is -1.97. The van der Waals surface area contributed by atoms with Crippen molar-refractivity contribution in [1.82, 2.24) is 20.2 Å². The lowest BCUT2D eigenvalue weighted by atomic mass is 10.2. The van der Waals surface area contributed by atoms with E-state index in [1.807, 2.05) is 6.07 Å². The molecule has 0 aliphatic rings. The first-order chi connectivity index (χ1) is 6.45. The van der Waals surface area contributed by atoms with Crippen molar-refractivity contribution in [3.63, 3.8) is 0 Å². The SMILES string of the molecule is c1cc2c(cn1)ncc1cn[nH]c12. The zero-order valence-electron chi connectivity index (χ0n) is 6.73. The lowest BCUT2D eigenvalue weighted by Gasteiger charge is -1.95. The Labute approximate surface area is 73.6 Å². The predicted octanol–water partition coefficient (Wildman–Crippen LogP) is 1.51. The molecule has 0 aliphatic carbocycles. The van der Waals surface area contributed by atoms with Crippen LogP contribution in [-0.4, -0.2) is 20.2 Å².